The third-order valence-corrected chi connectivity index (χ3v) is 4.17. The van der Waals surface area contributed by atoms with Crippen molar-refractivity contribution in [2.24, 2.45) is 11.8 Å². The largest absolute Gasteiger partial charge is 0.381 e. The lowest BCUT2D eigenvalue weighted by Crippen LogP contribution is -2.31. The van der Waals surface area contributed by atoms with Gasteiger partial charge in [0.25, 0.3) is 0 Å². The van der Waals surface area contributed by atoms with E-state index in [1.165, 1.54) is 12.8 Å². The van der Waals surface area contributed by atoms with Gasteiger partial charge < -0.3 is 10.1 Å². The predicted molar refractivity (Wildman–Crippen MR) is 67.9 cm³/mol. The summed E-state index contributed by atoms with van der Waals surface area (Å²) in [4.78, 5) is 0. The Morgan fingerprint density at radius 1 is 1.17 bits per heavy atom. The summed E-state index contributed by atoms with van der Waals surface area (Å²) in [6, 6.07) is 0. The molecule has 2 rings (SSSR count). The standard InChI is InChI=1S/C14H25F2NO/c15-14(16)6-1-3-13(9-14)11-18-8-5-12-4-2-7-17-10-12/h12-13,17H,1-11H2. The van der Waals surface area contributed by atoms with Crippen molar-refractivity contribution >= 4 is 0 Å². The highest BCUT2D eigenvalue weighted by molar-refractivity contribution is 4.78. The Hall–Kier alpha value is -0.220. The van der Waals surface area contributed by atoms with E-state index >= 15 is 0 Å². The van der Waals surface area contributed by atoms with Gasteiger partial charge in [0.15, 0.2) is 0 Å². The minimum absolute atomic E-state index is 0.0258. The molecule has 1 heterocycles. The van der Waals surface area contributed by atoms with Crippen LogP contribution in [-0.4, -0.2) is 32.2 Å². The summed E-state index contributed by atoms with van der Waals surface area (Å²) in [5.41, 5.74) is 0. The molecule has 0 aromatic rings. The Kier molecular flexibility index (Phi) is 5.37. The van der Waals surface area contributed by atoms with Gasteiger partial charge in [-0.3, -0.25) is 0 Å². The maximum absolute atomic E-state index is 13.2. The van der Waals surface area contributed by atoms with Crippen LogP contribution >= 0.6 is 0 Å². The van der Waals surface area contributed by atoms with Crippen molar-refractivity contribution in [1.29, 1.82) is 0 Å². The highest BCUT2D eigenvalue weighted by Gasteiger charge is 2.36. The molecule has 1 saturated heterocycles. The first-order valence-electron chi connectivity index (χ1n) is 7.32. The van der Waals surface area contributed by atoms with E-state index in [2.05, 4.69) is 5.32 Å². The van der Waals surface area contributed by atoms with Crippen molar-refractivity contribution in [3.8, 4) is 0 Å². The number of hydrogen-bond donors (Lipinski definition) is 1. The van der Waals surface area contributed by atoms with E-state index < -0.39 is 5.92 Å². The van der Waals surface area contributed by atoms with Crippen molar-refractivity contribution < 1.29 is 13.5 Å². The number of hydrogen-bond acceptors (Lipinski definition) is 2. The average Bonchev–Trinajstić information content (AvgIpc) is 2.35. The molecular weight excluding hydrogens is 236 g/mol. The lowest BCUT2D eigenvalue weighted by molar-refractivity contribution is -0.0672. The predicted octanol–water partition coefficient (Wildman–Crippen LogP) is 3.22. The van der Waals surface area contributed by atoms with Gasteiger partial charge in [-0.05, 0) is 57.0 Å². The zero-order chi connectivity index (χ0) is 12.8. The molecule has 1 saturated carbocycles. The molecule has 18 heavy (non-hydrogen) atoms. The van der Waals surface area contributed by atoms with Crippen molar-refractivity contribution in [2.75, 3.05) is 26.3 Å². The monoisotopic (exact) mass is 261 g/mol. The lowest BCUT2D eigenvalue weighted by Gasteiger charge is -2.29. The lowest BCUT2D eigenvalue weighted by atomic mass is 9.87. The quantitative estimate of drug-likeness (QED) is 0.767. The van der Waals surface area contributed by atoms with E-state index in [0.717, 1.165) is 32.5 Å². The first-order chi connectivity index (χ1) is 8.66. The van der Waals surface area contributed by atoms with Gasteiger partial charge in [0, 0.05) is 26.1 Å². The number of rotatable bonds is 5. The second-order valence-electron chi connectivity index (χ2n) is 5.89. The molecule has 2 atom stereocenters. The van der Waals surface area contributed by atoms with E-state index in [4.69, 9.17) is 4.74 Å². The number of piperidine rings is 1. The molecule has 2 fully saturated rings. The fraction of sp³-hybridized carbons (Fsp3) is 1.00. The van der Waals surface area contributed by atoms with Crippen molar-refractivity contribution in [1.82, 2.24) is 5.32 Å². The third kappa shape index (κ3) is 4.81. The molecule has 2 nitrogen and oxygen atoms in total. The summed E-state index contributed by atoms with van der Waals surface area (Å²) >= 11 is 0. The van der Waals surface area contributed by atoms with Gasteiger partial charge in [0.05, 0.1) is 0 Å². The van der Waals surface area contributed by atoms with Gasteiger partial charge in [-0.25, -0.2) is 8.78 Å². The summed E-state index contributed by atoms with van der Waals surface area (Å²) in [6.07, 6.45) is 5.23. The third-order valence-electron chi connectivity index (χ3n) is 4.17. The molecule has 0 radical (unpaired) electrons. The topological polar surface area (TPSA) is 21.3 Å². The van der Waals surface area contributed by atoms with E-state index in [1.54, 1.807) is 0 Å². The van der Waals surface area contributed by atoms with E-state index in [1.807, 2.05) is 0 Å². The van der Waals surface area contributed by atoms with Crippen LogP contribution in [0.25, 0.3) is 0 Å². The van der Waals surface area contributed by atoms with Gasteiger partial charge in [0.1, 0.15) is 0 Å². The Bertz CT molecular complexity index is 242. The molecule has 0 aromatic carbocycles. The molecule has 0 spiro atoms. The van der Waals surface area contributed by atoms with Crippen LogP contribution in [0, 0.1) is 11.8 Å². The summed E-state index contributed by atoms with van der Waals surface area (Å²) in [5.74, 6) is -1.66. The van der Waals surface area contributed by atoms with Gasteiger partial charge in [-0.15, -0.1) is 0 Å². The van der Waals surface area contributed by atoms with Crippen LogP contribution in [0.4, 0.5) is 8.78 Å². The fourth-order valence-electron chi connectivity index (χ4n) is 3.09. The van der Waals surface area contributed by atoms with E-state index in [0.29, 0.717) is 18.9 Å². The zero-order valence-corrected chi connectivity index (χ0v) is 11.1. The SMILES string of the molecule is FC1(F)CCCC(COCCC2CCCNC2)C1. The number of nitrogens with one attached hydrogen (secondary N) is 1. The van der Waals surface area contributed by atoms with Crippen LogP contribution in [0.2, 0.25) is 0 Å². The second kappa shape index (κ2) is 6.80. The number of ether oxygens (including phenoxy) is 1. The average molecular weight is 261 g/mol. The van der Waals surface area contributed by atoms with Crippen LogP contribution in [-0.2, 0) is 4.74 Å². The van der Waals surface area contributed by atoms with Crippen molar-refractivity contribution in [3.05, 3.63) is 0 Å². The van der Waals surface area contributed by atoms with E-state index in [9.17, 15) is 8.78 Å². The molecule has 2 aliphatic rings. The highest BCUT2D eigenvalue weighted by atomic mass is 19.3. The molecule has 2 unspecified atom stereocenters. The highest BCUT2D eigenvalue weighted by Crippen LogP contribution is 2.36. The summed E-state index contributed by atoms with van der Waals surface area (Å²) < 4.78 is 32.0. The zero-order valence-electron chi connectivity index (χ0n) is 11.1. The molecule has 1 N–H and O–H groups in total. The Morgan fingerprint density at radius 3 is 2.72 bits per heavy atom. The summed E-state index contributed by atoms with van der Waals surface area (Å²) in [6.45, 7) is 3.48. The molecule has 0 amide bonds. The molecule has 4 heteroatoms. The van der Waals surface area contributed by atoms with Crippen molar-refractivity contribution in [2.45, 2.75) is 50.9 Å². The smallest absolute Gasteiger partial charge is 0.248 e. The van der Waals surface area contributed by atoms with Crippen LogP contribution in [0.1, 0.15) is 44.9 Å². The first-order valence-corrected chi connectivity index (χ1v) is 7.32. The number of alkyl halides is 2. The Morgan fingerprint density at radius 2 is 2.00 bits per heavy atom. The molecule has 106 valence electrons. The minimum Gasteiger partial charge on any atom is -0.381 e. The van der Waals surface area contributed by atoms with Gasteiger partial charge >= 0.3 is 0 Å². The fourth-order valence-corrected chi connectivity index (χ4v) is 3.09. The Balaban J connectivity index is 1.54. The maximum atomic E-state index is 13.2. The van der Waals surface area contributed by atoms with Gasteiger partial charge in [-0.2, -0.15) is 0 Å². The van der Waals surface area contributed by atoms with Crippen LogP contribution in [0.5, 0.6) is 0 Å². The molecule has 1 aliphatic carbocycles. The molecule has 0 bridgehead atoms. The second-order valence-corrected chi connectivity index (χ2v) is 5.89. The maximum Gasteiger partial charge on any atom is 0.248 e. The van der Waals surface area contributed by atoms with E-state index in [-0.39, 0.29) is 18.8 Å². The van der Waals surface area contributed by atoms with Crippen molar-refractivity contribution in [3.63, 3.8) is 0 Å². The Labute approximate surface area is 108 Å². The molecule has 1 aliphatic heterocycles. The van der Waals surface area contributed by atoms with Gasteiger partial charge in [-0.1, -0.05) is 0 Å². The molecule has 0 aromatic heterocycles. The molecular formula is C14H25F2NO. The normalized spacial score (nSPS) is 32.3. The minimum atomic E-state index is -2.44. The first kappa shape index (κ1) is 14.2. The van der Waals surface area contributed by atoms with Gasteiger partial charge in [0.2, 0.25) is 5.92 Å². The summed E-state index contributed by atoms with van der Waals surface area (Å²) in [7, 11) is 0. The van der Waals surface area contributed by atoms with Crippen LogP contribution < -0.4 is 5.32 Å². The van der Waals surface area contributed by atoms with Crippen LogP contribution in [0.15, 0.2) is 0 Å². The van der Waals surface area contributed by atoms with Crippen LogP contribution in [0.3, 0.4) is 0 Å². The summed E-state index contributed by atoms with van der Waals surface area (Å²) in [5, 5.41) is 3.38. The number of halogens is 2.